The molecule has 0 bridgehead atoms. The van der Waals surface area contributed by atoms with Gasteiger partial charge in [0.05, 0.1) is 23.7 Å². The molecular formula is C14H20Cl2N4O2. The molecule has 0 radical (unpaired) electrons. The van der Waals surface area contributed by atoms with Crippen molar-refractivity contribution in [2.24, 2.45) is 5.73 Å². The molecule has 0 aliphatic carbocycles. The fourth-order valence-corrected chi connectivity index (χ4v) is 2.45. The number of imidazole rings is 1. The van der Waals surface area contributed by atoms with Crippen molar-refractivity contribution in [1.82, 2.24) is 15.3 Å². The van der Waals surface area contributed by atoms with Crippen molar-refractivity contribution in [1.29, 1.82) is 0 Å². The van der Waals surface area contributed by atoms with Gasteiger partial charge in [-0.15, -0.1) is 24.8 Å². The Bertz CT molecular complexity index is 587. The van der Waals surface area contributed by atoms with Gasteiger partial charge in [-0.05, 0) is 25.0 Å². The minimum atomic E-state index is -0.382. The van der Waals surface area contributed by atoms with Gasteiger partial charge in [-0.25, -0.2) is 4.98 Å². The molecular weight excluding hydrogens is 327 g/mol. The van der Waals surface area contributed by atoms with Crippen molar-refractivity contribution in [3.8, 4) is 0 Å². The van der Waals surface area contributed by atoms with E-state index >= 15 is 0 Å². The zero-order chi connectivity index (χ0) is 13.9. The Labute approximate surface area is 141 Å². The Balaban J connectivity index is 0.00000121. The number of carbonyl (C=O) groups is 1. The monoisotopic (exact) mass is 346 g/mol. The van der Waals surface area contributed by atoms with Gasteiger partial charge >= 0.3 is 0 Å². The quantitative estimate of drug-likeness (QED) is 0.782. The number of hydrogen-bond donors (Lipinski definition) is 3. The number of nitrogens with two attached hydrogens (primary N) is 1. The van der Waals surface area contributed by atoms with Crippen molar-refractivity contribution < 1.29 is 9.53 Å². The van der Waals surface area contributed by atoms with Crippen molar-refractivity contribution in [3.05, 3.63) is 30.1 Å². The molecule has 1 aliphatic rings. The first-order valence-corrected chi connectivity index (χ1v) is 6.83. The summed E-state index contributed by atoms with van der Waals surface area (Å²) < 4.78 is 5.55. The molecule has 0 saturated carbocycles. The normalized spacial score (nSPS) is 20.2. The van der Waals surface area contributed by atoms with Crippen LogP contribution < -0.4 is 11.1 Å². The molecule has 3 rings (SSSR count). The SMILES string of the molecule is Cl.Cl.NC[C@H]1CC[C@@H](C(=O)NCc2nc3ccccc3[nH]2)O1. The van der Waals surface area contributed by atoms with Gasteiger partial charge in [-0.3, -0.25) is 4.79 Å². The Morgan fingerprint density at radius 2 is 2.14 bits per heavy atom. The summed E-state index contributed by atoms with van der Waals surface area (Å²) in [5.41, 5.74) is 7.40. The van der Waals surface area contributed by atoms with Crippen LogP contribution in [0.2, 0.25) is 0 Å². The van der Waals surface area contributed by atoms with E-state index in [1.807, 2.05) is 24.3 Å². The maximum atomic E-state index is 12.0. The number of amides is 1. The van der Waals surface area contributed by atoms with Crippen LogP contribution in [0.5, 0.6) is 0 Å². The number of aromatic amines is 1. The van der Waals surface area contributed by atoms with Crippen LogP contribution in [-0.4, -0.2) is 34.6 Å². The van der Waals surface area contributed by atoms with Crippen LogP contribution in [0.15, 0.2) is 24.3 Å². The number of ether oxygens (including phenoxy) is 1. The highest BCUT2D eigenvalue weighted by Gasteiger charge is 2.29. The van der Waals surface area contributed by atoms with Gasteiger partial charge in [0, 0.05) is 6.54 Å². The first kappa shape index (κ1) is 18.7. The third kappa shape index (κ3) is 4.10. The topological polar surface area (TPSA) is 93.0 Å². The summed E-state index contributed by atoms with van der Waals surface area (Å²) in [6.07, 6.45) is 1.21. The number of nitrogens with zero attached hydrogens (tertiary/aromatic N) is 1. The second kappa shape index (κ2) is 8.33. The Kier molecular flexibility index (Phi) is 7.09. The van der Waals surface area contributed by atoms with E-state index in [1.165, 1.54) is 0 Å². The number of halogens is 2. The lowest BCUT2D eigenvalue weighted by Crippen LogP contribution is -2.35. The number of aromatic nitrogens is 2. The number of hydrogen-bond acceptors (Lipinski definition) is 4. The lowest BCUT2D eigenvalue weighted by atomic mass is 10.2. The van der Waals surface area contributed by atoms with E-state index in [1.54, 1.807) is 0 Å². The van der Waals surface area contributed by atoms with E-state index in [9.17, 15) is 4.79 Å². The first-order valence-electron chi connectivity index (χ1n) is 6.83. The fraction of sp³-hybridized carbons (Fsp3) is 0.429. The van der Waals surface area contributed by atoms with Crippen LogP contribution in [0.3, 0.4) is 0 Å². The molecule has 0 spiro atoms. The average molecular weight is 347 g/mol. The second-order valence-corrected chi connectivity index (χ2v) is 4.98. The summed E-state index contributed by atoms with van der Waals surface area (Å²) in [6, 6.07) is 7.77. The van der Waals surface area contributed by atoms with E-state index < -0.39 is 0 Å². The Morgan fingerprint density at radius 3 is 2.82 bits per heavy atom. The minimum Gasteiger partial charge on any atom is -0.364 e. The highest BCUT2D eigenvalue weighted by Crippen LogP contribution is 2.19. The molecule has 2 aromatic rings. The van der Waals surface area contributed by atoms with Crippen molar-refractivity contribution >= 4 is 41.8 Å². The molecule has 1 amide bonds. The number of benzene rings is 1. The summed E-state index contributed by atoms with van der Waals surface area (Å²) in [5.74, 6) is 0.648. The number of rotatable bonds is 4. The fourth-order valence-electron chi connectivity index (χ4n) is 2.45. The van der Waals surface area contributed by atoms with Crippen LogP contribution in [-0.2, 0) is 16.1 Å². The molecule has 2 heterocycles. The summed E-state index contributed by atoms with van der Waals surface area (Å²) in [4.78, 5) is 19.6. The predicted octanol–water partition coefficient (Wildman–Crippen LogP) is 1.53. The standard InChI is InChI=1S/C14H18N4O2.2ClH/c15-7-9-5-6-12(20-9)14(19)16-8-13-17-10-3-1-2-4-11(10)18-13;;/h1-4,9,12H,5-8,15H2,(H,16,19)(H,17,18);2*1H/t9-,12+;;/m1../s1. The van der Waals surface area contributed by atoms with Crippen LogP contribution in [0.4, 0.5) is 0 Å². The highest BCUT2D eigenvalue weighted by molar-refractivity contribution is 5.85. The van der Waals surface area contributed by atoms with Crippen molar-refractivity contribution in [2.45, 2.75) is 31.6 Å². The average Bonchev–Trinajstić information content (AvgIpc) is 3.10. The van der Waals surface area contributed by atoms with E-state index in [4.69, 9.17) is 10.5 Å². The van der Waals surface area contributed by atoms with Gasteiger partial charge in [0.2, 0.25) is 5.91 Å². The van der Waals surface area contributed by atoms with Gasteiger partial charge in [0.15, 0.2) is 0 Å². The molecule has 1 aliphatic heterocycles. The maximum Gasteiger partial charge on any atom is 0.249 e. The van der Waals surface area contributed by atoms with Crippen LogP contribution in [0.25, 0.3) is 11.0 Å². The van der Waals surface area contributed by atoms with Gasteiger partial charge in [-0.2, -0.15) is 0 Å². The Morgan fingerprint density at radius 1 is 1.36 bits per heavy atom. The molecule has 1 saturated heterocycles. The zero-order valence-corrected chi connectivity index (χ0v) is 13.6. The van der Waals surface area contributed by atoms with E-state index in [2.05, 4.69) is 15.3 Å². The largest absolute Gasteiger partial charge is 0.364 e. The van der Waals surface area contributed by atoms with Crippen LogP contribution in [0.1, 0.15) is 18.7 Å². The van der Waals surface area contributed by atoms with Crippen LogP contribution in [0, 0.1) is 0 Å². The number of nitrogens with one attached hydrogen (secondary N) is 2. The highest BCUT2D eigenvalue weighted by atomic mass is 35.5. The van der Waals surface area contributed by atoms with E-state index in [0.29, 0.717) is 13.1 Å². The second-order valence-electron chi connectivity index (χ2n) is 4.98. The molecule has 1 fully saturated rings. The van der Waals surface area contributed by atoms with Gasteiger partial charge in [0.1, 0.15) is 11.9 Å². The van der Waals surface area contributed by atoms with Gasteiger partial charge in [-0.1, -0.05) is 12.1 Å². The smallest absolute Gasteiger partial charge is 0.249 e. The van der Waals surface area contributed by atoms with Gasteiger partial charge in [0.25, 0.3) is 0 Å². The molecule has 122 valence electrons. The molecule has 2 atom stereocenters. The molecule has 1 aromatic carbocycles. The van der Waals surface area contributed by atoms with E-state index in [-0.39, 0.29) is 42.9 Å². The number of H-pyrrole nitrogens is 1. The summed E-state index contributed by atoms with van der Waals surface area (Å²) >= 11 is 0. The van der Waals surface area contributed by atoms with E-state index in [0.717, 1.165) is 29.7 Å². The molecule has 0 unspecified atom stereocenters. The zero-order valence-electron chi connectivity index (χ0n) is 12.0. The lowest BCUT2D eigenvalue weighted by molar-refractivity contribution is -0.132. The summed E-state index contributed by atoms with van der Waals surface area (Å²) in [5, 5.41) is 2.85. The molecule has 22 heavy (non-hydrogen) atoms. The summed E-state index contributed by atoms with van der Waals surface area (Å²) in [7, 11) is 0. The number of carbonyl (C=O) groups excluding carboxylic acids is 1. The summed E-state index contributed by atoms with van der Waals surface area (Å²) in [6.45, 7) is 0.841. The molecule has 4 N–H and O–H groups in total. The first-order chi connectivity index (χ1) is 9.76. The predicted molar refractivity (Wildman–Crippen MR) is 89.4 cm³/mol. The number of para-hydroxylation sites is 2. The third-order valence-corrected chi connectivity index (χ3v) is 3.53. The minimum absolute atomic E-state index is 0. The molecule has 6 nitrogen and oxygen atoms in total. The lowest BCUT2D eigenvalue weighted by Gasteiger charge is -2.11. The Hall–Kier alpha value is -1.34. The van der Waals surface area contributed by atoms with Crippen molar-refractivity contribution in [2.75, 3.05) is 6.54 Å². The van der Waals surface area contributed by atoms with Crippen LogP contribution >= 0.6 is 24.8 Å². The maximum absolute atomic E-state index is 12.0. The molecule has 8 heteroatoms. The van der Waals surface area contributed by atoms with Crippen molar-refractivity contribution in [3.63, 3.8) is 0 Å². The third-order valence-electron chi connectivity index (χ3n) is 3.53. The van der Waals surface area contributed by atoms with Gasteiger partial charge < -0.3 is 20.8 Å². The number of fused-ring (bicyclic) bond motifs is 1. The molecule has 1 aromatic heterocycles.